The first kappa shape index (κ1) is 13.8. The zero-order valence-electron chi connectivity index (χ0n) is 12.8. The Morgan fingerprint density at radius 1 is 1.18 bits per heavy atom. The van der Waals surface area contributed by atoms with Gasteiger partial charge in [-0.1, -0.05) is 30.3 Å². The van der Waals surface area contributed by atoms with E-state index in [0.717, 1.165) is 37.8 Å². The molecule has 1 aromatic carbocycles. The van der Waals surface area contributed by atoms with E-state index in [0.29, 0.717) is 18.9 Å². The van der Waals surface area contributed by atoms with Gasteiger partial charge in [0.2, 0.25) is 11.8 Å². The van der Waals surface area contributed by atoms with Crippen molar-refractivity contribution in [3.63, 3.8) is 0 Å². The molecule has 3 fully saturated rings. The van der Waals surface area contributed by atoms with Gasteiger partial charge in [0.15, 0.2) is 0 Å². The molecule has 4 heteroatoms. The second-order valence-electron chi connectivity index (χ2n) is 6.98. The molecule has 1 saturated carbocycles. The summed E-state index contributed by atoms with van der Waals surface area (Å²) < 4.78 is 0. The maximum Gasteiger partial charge on any atom is 0.233 e. The van der Waals surface area contributed by atoms with Crippen LogP contribution in [0.25, 0.3) is 0 Å². The van der Waals surface area contributed by atoms with Gasteiger partial charge in [0.25, 0.3) is 0 Å². The molecule has 1 aliphatic carbocycles. The summed E-state index contributed by atoms with van der Waals surface area (Å²) in [4.78, 5) is 26.8. The van der Waals surface area contributed by atoms with Gasteiger partial charge in [0.1, 0.15) is 0 Å². The largest absolute Gasteiger partial charge is 0.351 e. The Bertz CT molecular complexity index is 594. The van der Waals surface area contributed by atoms with Crippen molar-refractivity contribution in [3.8, 4) is 0 Å². The van der Waals surface area contributed by atoms with E-state index in [9.17, 15) is 9.59 Å². The minimum Gasteiger partial charge on any atom is -0.351 e. The number of nitrogens with zero attached hydrogens (tertiary/aromatic N) is 1. The summed E-state index contributed by atoms with van der Waals surface area (Å²) in [6.07, 6.45) is 4.53. The van der Waals surface area contributed by atoms with E-state index in [2.05, 4.69) is 17.4 Å². The van der Waals surface area contributed by atoms with E-state index in [1.807, 2.05) is 23.1 Å². The molecular formula is C18H22N2O2. The van der Waals surface area contributed by atoms with Gasteiger partial charge >= 0.3 is 0 Å². The summed E-state index contributed by atoms with van der Waals surface area (Å²) in [7, 11) is 0. The first-order chi connectivity index (χ1) is 10.7. The summed E-state index contributed by atoms with van der Waals surface area (Å²) >= 11 is 0. The number of nitrogens with one attached hydrogen (secondary N) is 1. The molecule has 22 heavy (non-hydrogen) atoms. The average molecular weight is 298 g/mol. The second-order valence-corrected chi connectivity index (χ2v) is 6.98. The molecule has 0 spiro atoms. The third-order valence-corrected chi connectivity index (χ3v) is 5.54. The molecule has 2 heterocycles. The molecule has 2 aliphatic heterocycles. The summed E-state index contributed by atoms with van der Waals surface area (Å²) in [6, 6.07) is 10.3. The van der Waals surface area contributed by atoms with Crippen molar-refractivity contribution in [1.82, 2.24) is 10.2 Å². The number of hydrogen-bond donors (Lipinski definition) is 1. The fourth-order valence-electron chi connectivity index (χ4n) is 4.11. The van der Waals surface area contributed by atoms with Crippen LogP contribution in [0.2, 0.25) is 0 Å². The highest BCUT2D eigenvalue weighted by atomic mass is 16.2. The summed E-state index contributed by atoms with van der Waals surface area (Å²) in [5.41, 5.74) is 0.866. The van der Waals surface area contributed by atoms with Crippen molar-refractivity contribution < 1.29 is 9.59 Å². The number of carbonyl (C=O) groups excluding carboxylic acids is 2. The number of carbonyl (C=O) groups is 2. The molecule has 3 aliphatic rings. The zero-order valence-corrected chi connectivity index (χ0v) is 12.8. The highest BCUT2D eigenvalue weighted by Gasteiger charge is 2.54. The molecule has 2 amide bonds. The Labute approximate surface area is 130 Å². The van der Waals surface area contributed by atoms with Crippen LogP contribution in [0.1, 0.15) is 37.7 Å². The molecule has 0 radical (unpaired) electrons. The summed E-state index contributed by atoms with van der Waals surface area (Å²) in [6.45, 7) is 1.49. The SMILES string of the molecule is O=C1CCC[C@@H]2CN(C(=O)C3(c4ccccc4)CC3)C[C@@H]2N1. The van der Waals surface area contributed by atoms with E-state index >= 15 is 0 Å². The Hall–Kier alpha value is -1.84. The van der Waals surface area contributed by atoms with Crippen molar-refractivity contribution in [2.45, 2.75) is 43.6 Å². The topological polar surface area (TPSA) is 49.4 Å². The van der Waals surface area contributed by atoms with Gasteiger partial charge in [-0.3, -0.25) is 9.59 Å². The average Bonchev–Trinajstić information content (AvgIpc) is 3.28. The zero-order chi connectivity index (χ0) is 15.2. The van der Waals surface area contributed by atoms with Crippen LogP contribution in [0.15, 0.2) is 30.3 Å². The van der Waals surface area contributed by atoms with Crippen molar-refractivity contribution in [1.29, 1.82) is 0 Å². The minimum atomic E-state index is -0.283. The van der Waals surface area contributed by atoms with Gasteiger partial charge in [-0.05, 0) is 37.2 Å². The molecule has 1 N–H and O–H groups in total. The fraction of sp³-hybridized carbons (Fsp3) is 0.556. The molecule has 0 aromatic heterocycles. The van der Waals surface area contributed by atoms with Crippen LogP contribution in [0.3, 0.4) is 0 Å². The maximum atomic E-state index is 13.1. The van der Waals surface area contributed by atoms with Gasteiger partial charge in [-0.25, -0.2) is 0 Å². The molecular weight excluding hydrogens is 276 g/mol. The first-order valence-electron chi connectivity index (χ1n) is 8.33. The van der Waals surface area contributed by atoms with Crippen molar-refractivity contribution in [3.05, 3.63) is 35.9 Å². The smallest absolute Gasteiger partial charge is 0.233 e. The van der Waals surface area contributed by atoms with Gasteiger partial charge in [-0.2, -0.15) is 0 Å². The Morgan fingerprint density at radius 2 is 1.95 bits per heavy atom. The number of fused-ring (bicyclic) bond motifs is 1. The highest BCUT2D eigenvalue weighted by molar-refractivity contribution is 5.91. The van der Waals surface area contributed by atoms with Crippen LogP contribution in [-0.2, 0) is 15.0 Å². The van der Waals surface area contributed by atoms with Crippen LogP contribution in [-0.4, -0.2) is 35.8 Å². The molecule has 4 rings (SSSR count). The van der Waals surface area contributed by atoms with E-state index in [4.69, 9.17) is 0 Å². The molecule has 2 atom stereocenters. The number of benzene rings is 1. The molecule has 4 nitrogen and oxygen atoms in total. The Morgan fingerprint density at radius 3 is 2.68 bits per heavy atom. The lowest BCUT2D eigenvalue weighted by atomic mass is 9.94. The number of rotatable bonds is 2. The van der Waals surface area contributed by atoms with Crippen LogP contribution < -0.4 is 5.32 Å². The second kappa shape index (κ2) is 5.11. The van der Waals surface area contributed by atoms with Crippen LogP contribution in [0.5, 0.6) is 0 Å². The highest BCUT2D eigenvalue weighted by Crippen LogP contribution is 2.50. The van der Waals surface area contributed by atoms with E-state index < -0.39 is 0 Å². The predicted molar refractivity (Wildman–Crippen MR) is 83.2 cm³/mol. The molecule has 1 aromatic rings. The van der Waals surface area contributed by atoms with Crippen molar-refractivity contribution in [2.24, 2.45) is 5.92 Å². The van der Waals surface area contributed by atoms with Crippen LogP contribution in [0.4, 0.5) is 0 Å². The third kappa shape index (κ3) is 2.21. The predicted octanol–water partition coefficient (Wildman–Crippen LogP) is 1.85. The number of amides is 2. The lowest BCUT2D eigenvalue weighted by molar-refractivity contribution is -0.133. The lowest BCUT2D eigenvalue weighted by Gasteiger charge is -2.24. The first-order valence-corrected chi connectivity index (χ1v) is 8.33. The summed E-state index contributed by atoms with van der Waals surface area (Å²) in [5.74, 6) is 0.842. The Kier molecular flexibility index (Phi) is 3.21. The van der Waals surface area contributed by atoms with Crippen LogP contribution in [0, 0.1) is 5.92 Å². The molecule has 0 unspecified atom stereocenters. The maximum absolute atomic E-state index is 13.1. The fourth-order valence-corrected chi connectivity index (χ4v) is 4.11. The lowest BCUT2D eigenvalue weighted by Crippen LogP contribution is -2.41. The van der Waals surface area contributed by atoms with E-state index in [-0.39, 0.29) is 23.3 Å². The monoisotopic (exact) mass is 298 g/mol. The number of likely N-dealkylation sites (tertiary alicyclic amines) is 1. The third-order valence-electron chi connectivity index (χ3n) is 5.54. The molecule has 2 saturated heterocycles. The minimum absolute atomic E-state index is 0.144. The van der Waals surface area contributed by atoms with Gasteiger partial charge in [0, 0.05) is 19.5 Å². The molecule has 0 bridgehead atoms. The van der Waals surface area contributed by atoms with E-state index in [1.54, 1.807) is 0 Å². The standard InChI is InChI=1S/C18H22N2O2/c21-16-8-4-5-13-11-20(12-15(13)19-16)17(22)18(9-10-18)14-6-2-1-3-7-14/h1-3,6-7,13,15H,4-5,8-12H2,(H,19,21)/t13-,15+/m1/s1. The van der Waals surface area contributed by atoms with Gasteiger partial charge < -0.3 is 10.2 Å². The normalized spacial score (nSPS) is 29.5. The molecule has 116 valence electrons. The number of hydrogen-bond acceptors (Lipinski definition) is 2. The van der Waals surface area contributed by atoms with Gasteiger partial charge in [-0.15, -0.1) is 0 Å². The van der Waals surface area contributed by atoms with Gasteiger partial charge in [0.05, 0.1) is 11.5 Å². The van der Waals surface area contributed by atoms with Crippen LogP contribution >= 0.6 is 0 Å². The summed E-state index contributed by atoms with van der Waals surface area (Å²) in [5, 5.41) is 3.10. The Balaban J connectivity index is 1.52. The van der Waals surface area contributed by atoms with Crippen molar-refractivity contribution >= 4 is 11.8 Å². The van der Waals surface area contributed by atoms with Crippen molar-refractivity contribution in [2.75, 3.05) is 13.1 Å². The van der Waals surface area contributed by atoms with E-state index in [1.165, 1.54) is 0 Å². The quantitative estimate of drug-likeness (QED) is 0.906.